The lowest BCUT2D eigenvalue weighted by atomic mass is 9.91. The Kier molecular flexibility index (Phi) is 4.19. The zero-order valence-corrected chi connectivity index (χ0v) is 12.5. The molecule has 1 aliphatic carbocycles. The van der Waals surface area contributed by atoms with Crippen molar-refractivity contribution in [2.24, 2.45) is 0 Å². The van der Waals surface area contributed by atoms with E-state index in [9.17, 15) is 5.11 Å². The monoisotopic (exact) mass is 292 g/mol. The Labute approximate surface area is 123 Å². The van der Waals surface area contributed by atoms with Crippen molar-refractivity contribution < 1.29 is 9.63 Å². The molecule has 2 heterocycles. The second-order valence-corrected chi connectivity index (χ2v) is 6.44. The van der Waals surface area contributed by atoms with Gasteiger partial charge in [0.15, 0.2) is 5.76 Å². The van der Waals surface area contributed by atoms with Crippen molar-refractivity contribution >= 4 is 11.3 Å². The van der Waals surface area contributed by atoms with Gasteiger partial charge in [-0.2, -0.15) is 0 Å². The molecule has 1 saturated carbocycles. The van der Waals surface area contributed by atoms with Crippen LogP contribution in [0.15, 0.2) is 28.1 Å². The van der Waals surface area contributed by atoms with Crippen LogP contribution in [-0.2, 0) is 6.54 Å². The number of aromatic nitrogens is 1. The van der Waals surface area contributed by atoms with Crippen molar-refractivity contribution in [3.63, 3.8) is 0 Å². The fraction of sp³-hybridized carbons (Fsp3) is 0.533. The average Bonchev–Trinajstić information content (AvgIpc) is 3.09. The number of aliphatic hydroxyl groups is 1. The lowest BCUT2D eigenvalue weighted by molar-refractivity contribution is 0.0280. The van der Waals surface area contributed by atoms with Crippen LogP contribution in [-0.4, -0.2) is 34.4 Å². The van der Waals surface area contributed by atoms with Gasteiger partial charge in [0.1, 0.15) is 0 Å². The van der Waals surface area contributed by atoms with Crippen molar-refractivity contribution in [2.75, 3.05) is 7.05 Å². The van der Waals surface area contributed by atoms with Gasteiger partial charge in [0.2, 0.25) is 0 Å². The number of likely N-dealkylation sites (N-methyl/N-ethyl adjacent to an activating group) is 1. The third-order valence-electron chi connectivity index (χ3n) is 3.99. The Balaban J connectivity index is 1.65. The number of aliphatic hydroxyl groups excluding tert-OH is 1. The number of rotatable bonds is 4. The highest BCUT2D eigenvalue weighted by Crippen LogP contribution is 2.27. The minimum absolute atomic E-state index is 0.211. The average molecular weight is 292 g/mol. The van der Waals surface area contributed by atoms with Crippen molar-refractivity contribution in [3.05, 3.63) is 29.3 Å². The Bertz CT molecular complexity index is 538. The van der Waals surface area contributed by atoms with E-state index >= 15 is 0 Å². The van der Waals surface area contributed by atoms with Gasteiger partial charge in [0.25, 0.3) is 0 Å². The second-order valence-electron chi connectivity index (χ2n) is 5.49. The molecular formula is C15H20N2O2S. The number of hydrogen-bond donors (Lipinski definition) is 1. The van der Waals surface area contributed by atoms with Crippen molar-refractivity contribution in [1.82, 2.24) is 10.1 Å². The van der Waals surface area contributed by atoms with Gasteiger partial charge in [0, 0.05) is 18.7 Å². The summed E-state index contributed by atoms with van der Waals surface area (Å²) in [5.41, 5.74) is 0.925. The van der Waals surface area contributed by atoms with Crippen LogP contribution < -0.4 is 0 Å². The molecule has 2 unspecified atom stereocenters. The molecule has 1 fully saturated rings. The van der Waals surface area contributed by atoms with Crippen LogP contribution in [0.25, 0.3) is 10.6 Å². The first-order valence-electron chi connectivity index (χ1n) is 7.12. The molecule has 2 aromatic heterocycles. The summed E-state index contributed by atoms with van der Waals surface area (Å²) in [5.74, 6) is 0.826. The Hall–Kier alpha value is -1.17. The minimum Gasteiger partial charge on any atom is -0.391 e. The van der Waals surface area contributed by atoms with Gasteiger partial charge in [-0.25, -0.2) is 0 Å². The number of hydrogen-bond acceptors (Lipinski definition) is 5. The molecule has 0 aromatic carbocycles. The smallest absolute Gasteiger partial charge is 0.177 e. The van der Waals surface area contributed by atoms with E-state index in [1.165, 1.54) is 6.42 Å². The van der Waals surface area contributed by atoms with Crippen LogP contribution in [0.1, 0.15) is 31.4 Å². The molecule has 1 N–H and O–H groups in total. The first-order valence-corrected chi connectivity index (χ1v) is 8.00. The molecule has 0 bridgehead atoms. The zero-order valence-electron chi connectivity index (χ0n) is 11.7. The van der Waals surface area contributed by atoms with E-state index in [0.29, 0.717) is 0 Å². The molecule has 0 radical (unpaired) electrons. The third kappa shape index (κ3) is 2.95. The van der Waals surface area contributed by atoms with Gasteiger partial charge in [-0.3, -0.25) is 4.90 Å². The Morgan fingerprint density at radius 2 is 2.30 bits per heavy atom. The van der Waals surface area contributed by atoms with E-state index in [-0.39, 0.29) is 12.1 Å². The fourth-order valence-corrected chi connectivity index (χ4v) is 3.57. The summed E-state index contributed by atoms with van der Waals surface area (Å²) >= 11 is 1.65. The standard InChI is InChI=1S/C15H20N2O2S/c1-17(12-5-2-3-6-13(12)18)10-11-9-14(19-16-11)15-7-4-8-20-15/h4,7-9,12-13,18H,2-3,5-6,10H2,1H3. The minimum atomic E-state index is -0.211. The summed E-state index contributed by atoms with van der Waals surface area (Å²) in [6, 6.07) is 6.28. The molecule has 4 nitrogen and oxygen atoms in total. The number of nitrogens with zero attached hydrogens (tertiary/aromatic N) is 2. The Morgan fingerprint density at radius 1 is 1.45 bits per heavy atom. The molecule has 2 aromatic rings. The van der Waals surface area contributed by atoms with Gasteiger partial charge in [0.05, 0.1) is 16.7 Å². The molecule has 20 heavy (non-hydrogen) atoms. The summed E-state index contributed by atoms with van der Waals surface area (Å²) < 4.78 is 5.40. The SMILES string of the molecule is CN(Cc1cc(-c2cccs2)on1)C1CCCCC1O. The third-order valence-corrected chi connectivity index (χ3v) is 4.88. The van der Waals surface area contributed by atoms with Gasteiger partial charge in [-0.1, -0.05) is 24.1 Å². The summed E-state index contributed by atoms with van der Waals surface area (Å²) in [6.45, 7) is 0.719. The molecule has 108 valence electrons. The van der Waals surface area contributed by atoms with Gasteiger partial charge in [-0.05, 0) is 31.3 Å². The van der Waals surface area contributed by atoms with E-state index in [2.05, 4.69) is 17.1 Å². The highest BCUT2D eigenvalue weighted by atomic mass is 32.1. The molecule has 1 aliphatic rings. The van der Waals surface area contributed by atoms with Crippen LogP contribution in [0.3, 0.4) is 0 Å². The van der Waals surface area contributed by atoms with E-state index in [0.717, 1.165) is 42.1 Å². The predicted octanol–water partition coefficient (Wildman–Crippen LogP) is 3.14. The molecule has 0 aliphatic heterocycles. The summed E-state index contributed by atoms with van der Waals surface area (Å²) in [7, 11) is 2.05. The van der Waals surface area contributed by atoms with Gasteiger partial charge >= 0.3 is 0 Å². The van der Waals surface area contributed by atoms with Gasteiger partial charge < -0.3 is 9.63 Å². The van der Waals surface area contributed by atoms with E-state index in [1.54, 1.807) is 11.3 Å². The normalized spacial score (nSPS) is 23.4. The van der Waals surface area contributed by atoms with Gasteiger partial charge in [-0.15, -0.1) is 11.3 Å². The quantitative estimate of drug-likeness (QED) is 0.940. The van der Waals surface area contributed by atoms with Crippen LogP contribution >= 0.6 is 11.3 Å². The predicted molar refractivity (Wildman–Crippen MR) is 79.5 cm³/mol. The lowest BCUT2D eigenvalue weighted by Crippen LogP contribution is -2.42. The zero-order chi connectivity index (χ0) is 13.9. The van der Waals surface area contributed by atoms with Crippen molar-refractivity contribution in [3.8, 4) is 10.6 Å². The van der Waals surface area contributed by atoms with Crippen LogP contribution in [0.4, 0.5) is 0 Å². The van der Waals surface area contributed by atoms with Crippen molar-refractivity contribution in [2.45, 2.75) is 44.4 Å². The molecule has 3 rings (SSSR count). The maximum atomic E-state index is 10.1. The van der Waals surface area contributed by atoms with E-state index in [4.69, 9.17) is 4.52 Å². The first-order chi connectivity index (χ1) is 9.74. The maximum Gasteiger partial charge on any atom is 0.177 e. The topological polar surface area (TPSA) is 49.5 Å². The largest absolute Gasteiger partial charge is 0.391 e. The highest BCUT2D eigenvalue weighted by Gasteiger charge is 2.27. The first kappa shape index (κ1) is 13.8. The van der Waals surface area contributed by atoms with Crippen LogP contribution in [0.2, 0.25) is 0 Å². The molecular weight excluding hydrogens is 272 g/mol. The molecule has 2 atom stereocenters. The molecule has 0 amide bonds. The fourth-order valence-electron chi connectivity index (χ4n) is 2.90. The summed E-state index contributed by atoms with van der Waals surface area (Å²) in [6.07, 6.45) is 4.10. The molecule has 5 heteroatoms. The maximum absolute atomic E-state index is 10.1. The lowest BCUT2D eigenvalue weighted by Gasteiger charge is -2.34. The summed E-state index contributed by atoms with van der Waals surface area (Å²) in [4.78, 5) is 3.30. The second kappa shape index (κ2) is 6.08. The highest BCUT2D eigenvalue weighted by molar-refractivity contribution is 7.13. The molecule has 0 spiro atoms. The van der Waals surface area contributed by atoms with Crippen LogP contribution in [0, 0.1) is 0 Å². The van der Waals surface area contributed by atoms with E-state index < -0.39 is 0 Å². The number of thiophene rings is 1. The summed E-state index contributed by atoms with van der Waals surface area (Å²) in [5, 5.41) is 16.3. The van der Waals surface area contributed by atoms with E-state index in [1.807, 2.05) is 23.6 Å². The Morgan fingerprint density at radius 3 is 3.05 bits per heavy atom. The molecule has 0 saturated heterocycles. The van der Waals surface area contributed by atoms with Crippen molar-refractivity contribution in [1.29, 1.82) is 0 Å². The van der Waals surface area contributed by atoms with Crippen LogP contribution in [0.5, 0.6) is 0 Å².